The van der Waals surface area contributed by atoms with Crippen LogP contribution < -0.4 is 5.56 Å². The van der Waals surface area contributed by atoms with Gasteiger partial charge in [-0.1, -0.05) is 18.2 Å². The van der Waals surface area contributed by atoms with Crippen molar-refractivity contribution in [3.8, 4) is 0 Å². The number of H-pyrrole nitrogens is 1. The third-order valence-corrected chi connectivity index (χ3v) is 5.97. The number of carbonyl (C=O) groups excluding carboxylic acids is 1. The predicted molar refractivity (Wildman–Crippen MR) is 101 cm³/mol. The van der Waals surface area contributed by atoms with E-state index in [1.54, 1.807) is 15.7 Å². The minimum Gasteiger partial charge on any atom is -0.454 e. The number of benzene rings is 1. The number of esters is 1. The molecule has 7 nitrogen and oxygen atoms in total. The number of aryl methyl sites for hydroxylation is 2. The number of hydrogen-bond acceptors (Lipinski definition) is 6. The molecule has 0 atom stereocenters. The van der Waals surface area contributed by atoms with Crippen LogP contribution in [0.3, 0.4) is 0 Å². The maximum atomic E-state index is 12.6. The molecule has 0 unspecified atom stereocenters. The van der Waals surface area contributed by atoms with Gasteiger partial charge in [0.15, 0.2) is 10.7 Å². The summed E-state index contributed by atoms with van der Waals surface area (Å²) in [6.07, 6.45) is 4.16. The summed E-state index contributed by atoms with van der Waals surface area (Å²) in [6, 6.07) is 8.80. The molecular formula is C19H16N4O3S. The van der Waals surface area contributed by atoms with Crippen LogP contribution in [0, 0.1) is 0 Å². The average molecular weight is 380 g/mol. The largest absolute Gasteiger partial charge is 0.454 e. The highest BCUT2D eigenvalue weighted by atomic mass is 32.1. The van der Waals surface area contributed by atoms with Gasteiger partial charge in [-0.15, -0.1) is 11.3 Å². The molecule has 4 aromatic rings. The number of nitrogens with zero attached hydrogens (tertiary/aromatic N) is 3. The number of ether oxygens (including phenoxy) is 1. The molecule has 0 radical (unpaired) electrons. The number of fused-ring (bicyclic) bond motifs is 4. The normalized spacial score (nSPS) is 13.8. The molecule has 1 aromatic carbocycles. The summed E-state index contributed by atoms with van der Waals surface area (Å²) in [5.41, 5.74) is 2.43. The predicted octanol–water partition coefficient (Wildman–Crippen LogP) is 2.87. The zero-order valence-electron chi connectivity index (χ0n) is 14.4. The molecule has 8 heteroatoms. The van der Waals surface area contributed by atoms with Crippen LogP contribution in [-0.2, 0) is 24.2 Å². The van der Waals surface area contributed by atoms with Crippen LogP contribution in [0.2, 0.25) is 0 Å². The Labute approximate surface area is 157 Å². The highest BCUT2D eigenvalue weighted by Gasteiger charge is 2.19. The topological polar surface area (TPSA) is 89.3 Å². The second-order valence-corrected chi connectivity index (χ2v) is 7.64. The van der Waals surface area contributed by atoms with Crippen LogP contribution in [0.4, 0.5) is 0 Å². The Morgan fingerprint density at radius 2 is 2.11 bits per heavy atom. The molecule has 0 fully saturated rings. The van der Waals surface area contributed by atoms with Gasteiger partial charge in [-0.2, -0.15) is 5.10 Å². The minimum atomic E-state index is -0.542. The van der Waals surface area contributed by atoms with Gasteiger partial charge in [0.05, 0.1) is 11.2 Å². The van der Waals surface area contributed by atoms with E-state index in [0.717, 1.165) is 36.9 Å². The maximum Gasteiger partial charge on any atom is 0.359 e. The van der Waals surface area contributed by atoms with Gasteiger partial charge in [0.25, 0.3) is 5.56 Å². The second-order valence-electron chi connectivity index (χ2n) is 6.58. The number of thiazole rings is 1. The Bertz CT molecular complexity index is 1240. The van der Waals surface area contributed by atoms with E-state index in [4.69, 9.17) is 4.74 Å². The standard InChI is InChI=1S/C19H16N4O3S/c24-16-9-11(20-19-23(16)14-7-3-4-8-15(14)27-19)10-26-18(25)17-12-5-1-2-6-13(12)21-22-17/h1-2,5-6,9H,3-4,7-8,10H2,(H,21,22). The van der Waals surface area contributed by atoms with Gasteiger partial charge in [-0.3, -0.25) is 14.3 Å². The van der Waals surface area contributed by atoms with Crippen molar-refractivity contribution in [2.24, 2.45) is 0 Å². The van der Waals surface area contributed by atoms with Gasteiger partial charge in [-0.05, 0) is 31.7 Å². The van der Waals surface area contributed by atoms with Crippen molar-refractivity contribution < 1.29 is 9.53 Å². The lowest BCUT2D eigenvalue weighted by molar-refractivity contribution is 0.0463. The van der Waals surface area contributed by atoms with Crippen molar-refractivity contribution in [2.45, 2.75) is 32.3 Å². The first-order valence-electron chi connectivity index (χ1n) is 8.84. The quantitative estimate of drug-likeness (QED) is 0.552. The number of para-hydroxylation sites is 1. The van der Waals surface area contributed by atoms with E-state index in [1.807, 2.05) is 24.3 Å². The molecule has 3 aromatic heterocycles. The summed E-state index contributed by atoms with van der Waals surface area (Å²) < 4.78 is 7.06. The molecule has 1 N–H and O–H groups in total. The molecule has 0 spiro atoms. The molecule has 0 amide bonds. The summed E-state index contributed by atoms with van der Waals surface area (Å²) >= 11 is 1.56. The van der Waals surface area contributed by atoms with Gasteiger partial charge >= 0.3 is 5.97 Å². The summed E-state index contributed by atoms with van der Waals surface area (Å²) in [4.78, 5) is 31.4. The molecule has 1 aliphatic rings. The van der Waals surface area contributed by atoms with E-state index in [9.17, 15) is 9.59 Å². The van der Waals surface area contributed by atoms with E-state index in [0.29, 0.717) is 16.0 Å². The molecular weight excluding hydrogens is 364 g/mol. The average Bonchev–Trinajstić information content (AvgIpc) is 3.27. The summed E-state index contributed by atoms with van der Waals surface area (Å²) in [5, 5.41) is 7.55. The summed E-state index contributed by atoms with van der Waals surface area (Å²) in [5.74, 6) is -0.542. The third kappa shape index (κ3) is 2.73. The smallest absolute Gasteiger partial charge is 0.359 e. The first-order chi connectivity index (χ1) is 13.2. The lowest BCUT2D eigenvalue weighted by atomic mass is 10.0. The first kappa shape index (κ1) is 16.2. The van der Waals surface area contributed by atoms with Crippen molar-refractivity contribution in [2.75, 3.05) is 0 Å². The van der Waals surface area contributed by atoms with Gasteiger partial charge < -0.3 is 4.74 Å². The number of rotatable bonds is 3. The van der Waals surface area contributed by atoms with E-state index < -0.39 is 5.97 Å². The Morgan fingerprint density at radius 1 is 1.26 bits per heavy atom. The van der Waals surface area contributed by atoms with Crippen LogP contribution in [-0.4, -0.2) is 25.6 Å². The number of hydrogen-bond donors (Lipinski definition) is 1. The van der Waals surface area contributed by atoms with Gasteiger partial charge in [-0.25, -0.2) is 9.78 Å². The Balaban J connectivity index is 1.41. The maximum absolute atomic E-state index is 12.6. The number of aromatic nitrogens is 4. The van der Waals surface area contributed by atoms with Crippen molar-refractivity contribution in [3.63, 3.8) is 0 Å². The highest BCUT2D eigenvalue weighted by Crippen LogP contribution is 2.28. The molecule has 1 aliphatic carbocycles. The van der Waals surface area contributed by atoms with Gasteiger partial charge in [0.1, 0.15) is 6.61 Å². The summed E-state index contributed by atoms with van der Waals surface area (Å²) in [7, 11) is 0. The Morgan fingerprint density at radius 3 is 3.04 bits per heavy atom. The Hall–Kier alpha value is -3.00. The third-order valence-electron chi connectivity index (χ3n) is 4.83. The second kappa shape index (κ2) is 6.31. The van der Waals surface area contributed by atoms with Crippen LogP contribution in [0.5, 0.6) is 0 Å². The molecule has 136 valence electrons. The van der Waals surface area contributed by atoms with Crippen molar-refractivity contribution in [1.29, 1.82) is 0 Å². The fraction of sp³-hybridized carbons (Fsp3) is 0.263. The SMILES string of the molecule is O=C(OCc1cc(=O)n2c3c(sc2n1)CCCC3)c1n[nH]c2ccccc12. The highest BCUT2D eigenvalue weighted by molar-refractivity contribution is 7.17. The number of nitrogens with one attached hydrogen (secondary N) is 1. The number of aromatic amines is 1. The molecule has 0 saturated carbocycles. The van der Waals surface area contributed by atoms with Crippen molar-refractivity contribution in [1.82, 2.24) is 19.6 Å². The van der Waals surface area contributed by atoms with Crippen LogP contribution in [0.15, 0.2) is 35.1 Å². The van der Waals surface area contributed by atoms with Crippen LogP contribution in [0.25, 0.3) is 15.9 Å². The van der Waals surface area contributed by atoms with E-state index in [-0.39, 0.29) is 17.9 Å². The number of carbonyl (C=O) groups is 1. The van der Waals surface area contributed by atoms with E-state index >= 15 is 0 Å². The van der Waals surface area contributed by atoms with Crippen molar-refractivity contribution >= 4 is 33.2 Å². The van der Waals surface area contributed by atoms with E-state index in [1.165, 1.54) is 10.9 Å². The van der Waals surface area contributed by atoms with Crippen LogP contribution in [0.1, 0.15) is 39.6 Å². The fourth-order valence-corrected chi connectivity index (χ4v) is 4.77. The molecule has 3 heterocycles. The fourth-order valence-electron chi connectivity index (χ4n) is 3.54. The zero-order valence-corrected chi connectivity index (χ0v) is 15.2. The monoisotopic (exact) mass is 380 g/mol. The minimum absolute atomic E-state index is 0.0612. The van der Waals surface area contributed by atoms with Crippen molar-refractivity contribution in [3.05, 3.63) is 62.6 Å². The molecule has 0 saturated heterocycles. The lowest BCUT2D eigenvalue weighted by Crippen LogP contribution is -2.18. The first-order valence-corrected chi connectivity index (χ1v) is 9.66. The summed E-state index contributed by atoms with van der Waals surface area (Å²) in [6.45, 7) is -0.0612. The molecule has 27 heavy (non-hydrogen) atoms. The van der Waals surface area contributed by atoms with Gasteiger partial charge in [0, 0.05) is 22.0 Å². The van der Waals surface area contributed by atoms with E-state index in [2.05, 4.69) is 15.2 Å². The van der Waals surface area contributed by atoms with Gasteiger partial charge in [0.2, 0.25) is 0 Å². The molecule has 0 bridgehead atoms. The zero-order chi connectivity index (χ0) is 18.4. The Kier molecular flexibility index (Phi) is 3.78. The molecule has 5 rings (SSSR count). The molecule has 0 aliphatic heterocycles. The van der Waals surface area contributed by atoms with Crippen LogP contribution >= 0.6 is 11.3 Å². The lowest BCUT2D eigenvalue weighted by Gasteiger charge is -2.10.